The molecule has 0 radical (unpaired) electrons. The molecule has 1 aromatic rings. The Balaban J connectivity index is 3.13. The van der Waals surface area contributed by atoms with Gasteiger partial charge < -0.3 is 0 Å². The van der Waals surface area contributed by atoms with Crippen LogP contribution in [0.1, 0.15) is 12.5 Å². The molecule has 0 spiro atoms. The number of ketones is 1. The van der Waals surface area contributed by atoms with Crippen LogP contribution in [-0.4, -0.2) is 18.3 Å². The predicted octanol–water partition coefficient (Wildman–Crippen LogP) is 2.31. The van der Waals surface area contributed by atoms with Crippen molar-refractivity contribution < 1.29 is 4.79 Å². The van der Waals surface area contributed by atoms with Crippen LogP contribution < -0.4 is 0 Å². The van der Waals surface area contributed by atoms with Gasteiger partial charge in [-0.3, -0.25) is 4.79 Å². The van der Waals surface area contributed by atoms with Crippen molar-refractivity contribution in [1.29, 1.82) is 0 Å². The first-order valence-electron chi connectivity index (χ1n) is 4.27. The van der Waals surface area contributed by atoms with Gasteiger partial charge in [0, 0.05) is 6.92 Å². The van der Waals surface area contributed by atoms with Gasteiger partial charge in [0.15, 0.2) is 11.6 Å². The summed E-state index contributed by atoms with van der Waals surface area (Å²) in [5, 5.41) is 0. The number of nitrogens with zero attached hydrogens (tertiary/aromatic N) is 2. The lowest BCUT2D eigenvalue weighted by molar-refractivity contribution is -0.111. The summed E-state index contributed by atoms with van der Waals surface area (Å²) in [5.41, 5.74) is 1.76. The fraction of sp³-hybridized carbons (Fsp3) is 0.182. The van der Waals surface area contributed by atoms with E-state index in [1.807, 2.05) is 31.2 Å². The lowest BCUT2D eigenvalue weighted by atomic mass is 10.2. The van der Waals surface area contributed by atoms with Crippen molar-refractivity contribution in [2.75, 3.05) is 0 Å². The van der Waals surface area contributed by atoms with Crippen molar-refractivity contribution in [1.82, 2.24) is 0 Å². The molecular weight excluding hydrogens is 176 g/mol. The highest BCUT2D eigenvalue weighted by Gasteiger charge is 2.03. The van der Waals surface area contributed by atoms with Crippen LogP contribution in [0.15, 0.2) is 34.3 Å². The third-order valence-electron chi connectivity index (χ3n) is 1.81. The number of para-hydroxylation sites is 1. The lowest BCUT2D eigenvalue weighted by Crippen LogP contribution is -2.05. The van der Waals surface area contributed by atoms with Crippen molar-refractivity contribution >= 4 is 24.0 Å². The van der Waals surface area contributed by atoms with Crippen molar-refractivity contribution in [3.8, 4) is 0 Å². The average Bonchev–Trinajstić information content (AvgIpc) is 2.16. The molecule has 0 saturated carbocycles. The van der Waals surface area contributed by atoms with Crippen LogP contribution in [0.2, 0.25) is 0 Å². The Hall–Kier alpha value is -1.77. The van der Waals surface area contributed by atoms with Gasteiger partial charge in [-0.25, -0.2) is 9.98 Å². The fourth-order valence-electron chi connectivity index (χ4n) is 1.03. The van der Waals surface area contributed by atoms with E-state index in [4.69, 9.17) is 0 Å². The fourth-order valence-corrected chi connectivity index (χ4v) is 1.03. The Labute approximate surface area is 83.2 Å². The number of hydrogen-bond donors (Lipinski definition) is 0. The molecule has 14 heavy (non-hydrogen) atoms. The molecule has 0 N–H and O–H groups in total. The molecule has 0 saturated heterocycles. The normalized spacial score (nSPS) is 11.1. The zero-order valence-electron chi connectivity index (χ0n) is 8.32. The first kappa shape index (κ1) is 10.3. The minimum Gasteiger partial charge on any atom is -0.291 e. The van der Waals surface area contributed by atoms with E-state index < -0.39 is 0 Å². The molecule has 0 aliphatic carbocycles. The third kappa shape index (κ3) is 2.36. The summed E-state index contributed by atoms with van der Waals surface area (Å²) < 4.78 is 0. The molecule has 0 heterocycles. The first-order valence-corrected chi connectivity index (χ1v) is 4.27. The minimum atomic E-state index is -0.178. The standard InChI is InChI=1S/C11H12N2O/c1-8-6-4-5-7-10(8)13-11(12-3)9(2)14/h4-7H,3H2,1-2H3. The van der Waals surface area contributed by atoms with E-state index >= 15 is 0 Å². The van der Waals surface area contributed by atoms with Gasteiger partial charge in [0.25, 0.3) is 0 Å². The monoisotopic (exact) mass is 188 g/mol. The van der Waals surface area contributed by atoms with Crippen LogP contribution >= 0.6 is 0 Å². The molecule has 1 rings (SSSR count). The molecular formula is C11H12N2O. The number of amidine groups is 1. The highest BCUT2D eigenvalue weighted by molar-refractivity contribution is 6.39. The van der Waals surface area contributed by atoms with Crippen LogP contribution in [0.5, 0.6) is 0 Å². The summed E-state index contributed by atoms with van der Waals surface area (Å²) in [4.78, 5) is 18.7. The number of hydrogen-bond acceptors (Lipinski definition) is 2. The van der Waals surface area contributed by atoms with Gasteiger partial charge in [-0.1, -0.05) is 18.2 Å². The first-order chi connectivity index (χ1) is 6.65. The smallest absolute Gasteiger partial charge is 0.196 e. The van der Waals surface area contributed by atoms with E-state index in [0.29, 0.717) is 0 Å². The van der Waals surface area contributed by atoms with Gasteiger partial charge in [0.05, 0.1) is 5.69 Å². The Morgan fingerprint density at radius 3 is 2.50 bits per heavy atom. The summed E-state index contributed by atoms with van der Waals surface area (Å²) in [5.74, 6) is -0.0254. The van der Waals surface area contributed by atoms with Gasteiger partial charge >= 0.3 is 0 Å². The maximum atomic E-state index is 11.0. The molecule has 1 aromatic carbocycles. The molecule has 0 aliphatic heterocycles. The Morgan fingerprint density at radius 1 is 1.36 bits per heavy atom. The number of aryl methyl sites for hydroxylation is 1. The summed E-state index contributed by atoms with van der Waals surface area (Å²) >= 11 is 0. The summed E-state index contributed by atoms with van der Waals surface area (Å²) in [6.45, 7) is 6.66. The maximum Gasteiger partial charge on any atom is 0.196 e. The molecule has 0 atom stereocenters. The topological polar surface area (TPSA) is 41.8 Å². The molecule has 0 aromatic heterocycles. The third-order valence-corrected chi connectivity index (χ3v) is 1.81. The van der Waals surface area contributed by atoms with Crippen LogP contribution in [0.25, 0.3) is 0 Å². The van der Waals surface area contributed by atoms with Gasteiger partial charge in [-0.05, 0) is 25.3 Å². The van der Waals surface area contributed by atoms with Gasteiger partial charge in [0.1, 0.15) is 0 Å². The Morgan fingerprint density at radius 2 is 2.00 bits per heavy atom. The van der Waals surface area contributed by atoms with Crippen LogP contribution in [-0.2, 0) is 4.79 Å². The second-order valence-electron chi connectivity index (χ2n) is 2.94. The SMILES string of the molecule is C=NC(=Nc1ccccc1C)C(C)=O. The largest absolute Gasteiger partial charge is 0.291 e. The van der Waals surface area contributed by atoms with E-state index in [1.165, 1.54) is 6.92 Å². The summed E-state index contributed by atoms with van der Waals surface area (Å²) in [7, 11) is 0. The second-order valence-corrected chi connectivity index (χ2v) is 2.94. The van der Waals surface area contributed by atoms with E-state index in [-0.39, 0.29) is 11.6 Å². The van der Waals surface area contributed by atoms with Gasteiger partial charge in [-0.15, -0.1) is 0 Å². The van der Waals surface area contributed by atoms with E-state index in [0.717, 1.165) is 11.3 Å². The molecule has 0 amide bonds. The van der Waals surface area contributed by atoms with Gasteiger partial charge in [-0.2, -0.15) is 0 Å². The van der Waals surface area contributed by atoms with Gasteiger partial charge in [0.2, 0.25) is 0 Å². The molecule has 72 valence electrons. The second kappa shape index (κ2) is 4.46. The van der Waals surface area contributed by atoms with E-state index in [1.54, 1.807) is 0 Å². The number of benzene rings is 1. The lowest BCUT2D eigenvalue weighted by Gasteiger charge is -1.99. The molecule has 3 heteroatoms. The average molecular weight is 188 g/mol. The van der Waals surface area contributed by atoms with E-state index in [2.05, 4.69) is 16.7 Å². The van der Waals surface area contributed by atoms with E-state index in [9.17, 15) is 4.79 Å². The zero-order valence-corrected chi connectivity index (χ0v) is 8.32. The molecule has 0 unspecified atom stereocenters. The number of aliphatic imine (C=N–C) groups is 2. The quantitative estimate of drug-likeness (QED) is 0.518. The Kier molecular flexibility index (Phi) is 3.29. The predicted molar refractivity (Wildman–Crippen MR) is 58.5 cm³/mol. The van der Waals surface area contributed by atoms with Crippen LogP contribution in [0.3, 0.4) is 0 Å². The Bertz CT molecular complexity index is 394. The van der Waals surface area contributed by atoms with Crippen molar-refractivity contribution in [3.63, 3.8) is 0 Å². The zero-order chi connectivity index (χ0) is 10.6. The van der Waals surface area contributed by atoms with Crippen molar-refractivity contribution in [3.05, 3.63) is 29.8 Å². The highest BCUT2D eigenvalue weighted by Crippen LogP contribution is 2.17. The van der Waals surface area contributed by atoms with Crippen molar-refractivity contribution in [2.24, 2.45) is 9.98 Å². The summed E-state index contributed by atoms with van der Waals surface area (Å²) in [6, 6.07) is 7.55. The van der Waals surface area contributed by atoms with Crippen LogP contribution in [0, 0.1) is 6.92 Å². The number of carbonyl (C=O) groups is 1. The number of rotatable bonds is 2. The highest BCUT2D eigenvalue weighted by atomic mass is 16.1. The minimum absolute atomic E-state index is 0.152. The number of carbonyl (C=O) groups excluding carboxylic acids is 1. The summed E-state index contributed by atoms with van der Waals surface area (Å²) in [6.07, 6.45) is 0. The molecule has 0 bridgehead atoms. The molecule has 3 nitrogen and oxygen atoms in total. The number of Topliss-reactive ketones (excluding diaryl/α,β-unsaturated/α-hetero) is 1. The molecule has 0 fully saturated rings. The molecule has 0 aliphatic rings. The maximum absolute atomic E-state index is 11.0. The van der Waals surface area contributed by atoms with Crippen molar-refractivity contribution in [2.45, 2.75) is 13.8 Å². The van der Waals surface area contributed by atoms with Crippen LogP contribution in [0.4, 0.5) is 5.69 Å².